The van der Waals surface area contributed by atoms with Crippen molar-refractivity contribution in [2.24, 2.45) is 0 Å². The Morgan fingerprint density at radius 3 is 2.48 bits per heavy atom. The van der Waals surface area contributed by atoms with E-state index >= 15 is 0 Å². The minimum Gasteiger partial charge on any atom is -0.508 e. The Hall–Kier alpha value is -1.92. The van der Waals surface area contributed by atoms with Crippen molar-refractivity contribution in [1.29, 1.82) is 0 Å². The van der Waals surface area contributed by atoms with E-state index in [4.69, 9.17) is 10.4 Å². The van der Waals surface area contributed by atoms with Gasteiger partial charge in [0, 0.05) is 18.7 Å². The summed E-state index contributed by atoms with van der Waals surface area (Å²) in [5, 5.41) is 30.7. The van der Waals surface area contributed by atoms with Crippen molar-refractivity contribution in [3.8, 4) is 5.75 Å². The lowest BCUT2D eigenvalue weighted by Crippen LogP contribution is -3.01. The van der Waals surface area contributed by atoms with Crippen molar-refractivity contribution < 1.29 is 20.7 Å². The molecule has 0 aliphatic carbocycles. The molecule has 0 amide bonds. The number of phenolic OH excluding ortho intramolecular Hbond substituents is 1. The van der Waals surface area contributed by atoms with Gasteiger partial charge in [0.1, 0.15) is 5.75 Å². The molecule has 5 N–H and O–H groups in total. The predicted octanol–water partition coefficient (Wildman–Crippen LogP) is 1.10. The van der Waals surface area contributed by atoms with Gasteiger partial charge in [-0.15, -0.1) is 0 Å². The summed E-state index contributed by atoms with van der Waals surface area (Å²) >= 11 is 0. The zero-order chi connectivity index (χ0) is 15.0. The normalized spacial score (nSPS) is 21.3. The predicted molar refractivity (Wildman–Crippen MR) is 76.9 cm³/mol. The minimum absolute atomic E-state index is 0.285. The maximum absolute atomic E-state index is 9.65. The number of aromatic hydroxyl groups is 1. The second kappa shape index (κ2) is 5.13. The molecule has 1 unspecified atom stereocenters. The smallest absolute Gasteiger partial charge is 0.197 e. The van der Waals surface area contributed by atoms with Crippen LogP contribution in [0.4, 0.5) is 5.69 Å². The molecule has 0 spiro atoms. The van der Waals surface area contributed by atoms with Gasteiger partial charge in [0.15, 0.2) is 5.69 Å². The van der Waals surface area contributed by atoms with Crippen LogP contribution in [0.15, 0.2) is 42.5 Å². The van der Waals surface area contributed by atoms with Gasteiger partial charge in [-0.2, -0.15) is 10.4 Å². The second-order valence-electron chi connectivity index (χ2n) is 5.54. The number of quaternary nitrogens is 1. The van der Waals surface area contributed by atoms with Crippen LogP contribution in [-0.4, -0.2) is 22.1 Å². The van der Waals surface area contributed by atoms with Crippen LogP contribution in [0, 0.1) is 0 Å². The van der Waals surface area contributed by atoms with Gasteiger partial charge in [0.05, 0.1) is 5.54 Å². The van der Waals surface area contributed by atoms with Gasteiger partial charge in [0.25, 0.3) is 0 Å². The van der Waals surface area contributed by atoms with E-state index in [1.54, 1.807) is 18.2 Å². The monoisotopic (exact) mass is 287 g/mol. The Bertz CT molecular complexity index is 655. The molecule has 0 radical (unpaired) electrons. The molecule has 1 aliphatic heterocycles. The first kappa shape index (κ1) is 14.0. The quantitative estimate of drug-likeness (QED) is 0.536. The average Bonchev–Trinajstić information content (AvgIpc) is 2.47. The summed E-state index contributed by atoms with van der Waals surface area (Å²) in [6.07, 6.45) is 0.878. The van der Waals surface area contributed by atoms with Gasteiger partial charge in [-0.25, -0.2) is 0 Å². The summed E-state index contributed by atoms with van der Waals surface area (Å²) < 4.78 is 0. The first-order valence-corrected chi connectivity index (χ1v) is 6.94. The molecule has 0 aromatic heterocycles. The Kier molecular flexibility index (Phi) is 3.43. The van der Waals surface area contributed by atoms with Crippen molar-refractivity contribution in [2.45, 2.75) is 18.9 Å². The number of hydrogen-bond acceptors (Lipinski definition) is 4. The van der Waals surface area contributed by atoms with Crippen molar-refractivity contribution >= 4 is 5.69 Å². The van der Waals surface area contributed by atoms with Gasteiger partial charge in [-0.05, 0) is 47.4 Å². The third kappa shape index (κ3) is 2.41. The van der Waals surface area contributed by atoms with Crippen LogP contribution in [0.25, 0.3) is 0 Å². The fourth-order valence-corrected chi connectivity index (χ4v) is 3.03. The molecular formula is C16H19N2O3+. The standard InChI is InChI=1S/C16H18N2O3/c1-16(12-2-4-13(5-3-12)18(20)21)15-7-6-14(19)10-11(15)8-9-17-16/h2-7,10,17,19-21H,8-9H2,1H3/p+1. The largest absolute Gasteiger partial charge is 0.508 e. The van der Waals surface area contributed by atoms with Gasteiger partial charge in [0.2, 0.25) is 0 Å². The highest BCUT2D eigenvalue weighted by Crippen LogP contribution is 2.36. The highest BCUT2D eigenvalue weighted by molar-refractivity contribution is 5.48. The molecule has 5 nitrogen and oxygen atoms in total. The molecule has 0 fully saturated rings. The van der Waals surface area contributed by atoms with Gasteiger partial charge in [-0.3, -0.25) is 0 Å². The number of nitrogens with one attached hydrogen (secondary N) is 2. The molecule has 0 bridgehead atoms. The summed E-state index contributed by atoms with van der Waals surface area (Å²) in [7, 11) is 0. The van der Waals surface area contributed by atoms with Crippen LogP contribution in [0.1, 0.15) is 23.6 Å². The van der Waals surface area contributed by atoms with E-state index in [0.717, 1.165) is 29.7 Å². The zero-order valence-electron chi connectivity index (χ0n) is 11.8. The third-order valence-electron chi connectivity index (χ3n) is 4.22. The van der Waals surface area contributed by atoms with Crippen molar-refractivity contribution in [1.82, 2.24) is 5.32 Å². The first-order chi connectivity index (χ1) is 10.0. The van der Waals surface area contributed by atoms with E-state index in [9.17, 15) is 5.11 Å². The van der Waals surface area contributed by atoms with Crippen LogP contribution in [0.3, 0.4) is 0 Å². The molecule has 110 valence electrons. The fraction of sp³-hybridized carbons (Fsp3) is 0.250. The Morgan fingerprint density at radius 2 is 1.81 bits per heavy atom. The fourth-order valence-electron chi connectivity index (χ4n) is 3.03. The van der Waals surface area contributed by atoms with Crippen LogP contribution in [0.2, 0.25) is 0 Å². The Labute approximate surface area is 123 Å². The molecular weight excluding hydrogens is 268 g/mol. The van der Waals surface area contributed by atoms with Crippen LogP contribution in [-0.2, 0) is 12.0 Å². The van der Waals surface area contributed by atoms with E-state index < -0.39 is 5.23 Å². The van der Waals surface area contributed by atoms with E-state index in [-0.39, 0.29) is 11.3 Å². The molecule has 3 rings (SSSR count). The minimum atomic E-state index is -0.673. The highest BCUT2D eigenvalue weighted by Gasteiger charge is 2.33. The maximum Gasteiger partial charge on any atom is 0.197 e. The summed E-state index contributed by atoms with van der Waals surface area (Å²) in [6.45, 7) is 2.92. The second-order valence-corrected chi connectivity index (χ2v) is 5.54. The Morgan fingerprint density at radius 1 is 1.10 bits per heavy atom. The number of rotatable bonds is 2. The van der Waals surface area contributed by atoms with Gasteiger partial charge < -0.3 is 10.4 Å². The maximum atomic E-state index is 9.65. The van der Waals surface area contributed by atoms with Crippen LogP contribution in [0.5, 0.6) is 5.75 Å². The molecule has 1 heterocycles. The molecule has 1 atom stereocenters. The number of benzene rings is 2. The molecule has 0 saturated carbocycles. The number of phenols is 1. The molecule has 5 heteroatoms. The SMILES string of the molecule is CC1(c2ccc([NH+](O)O)cc2)NCCc2cc(O)ccc21. The van der Waals surface area contributed by atoms with Crippen molar-refractivity contribution in [3.63, 3.8) is 0 Å². The zero-order valence-corrected chi connectivity index (χ0v) is 11.8. The van der Waals surface area contributed by atoms with Crippen molar-refractivity contribution in [3.05, 3.63) is 59.2 Å². The lowest BCUT2D eigenvalue weighted by molar-refractivity contribution is -1.19. The van der Waals surface area contributed by atoms with Crippen LogP contribution >= 0.6 is 0 Å². The van der Waals surface area contributed by atoms with Gasteiger partial charge >= 0.3 is 0 Å². The first-order valence-electron chi connectivity index (χ1n) is 6.94. The lowest BCUT2D eigenvalue weighted by Gasteiger charge is -2.38. The van der Waals surface area contributed by atoms with E-state index in [1.165, 1.54) is 0 Å². The average molecular weight is 287 g/mol. The van der Waals surface area contributed by atoms with E-state index in [0.29, 0.717) is 5.69 Å². The highest BCUT2D eigenvalue weighted by atomic mass is 16.8. The molecule has 0 saturated heterocycles. The summed E-state index contributed by atoms with van der Waals surface area (Å²) in [4.78, 5) is 0. The third-order valence-corrected chi connectivity index (χ3v) is 4.22. The van der Waals surface area contributed by atoms with E-state index in [2.05, 4.69) is 12.2 Å². The van der Waals surface area contributed by atoms with Crippen LogP contribution < -0.4 is 10.5 Å². The topological polar surface area (TPSA) is 77.2 Å². The summed E-state index contributed by atoms with van der Waals surface area (Å²) in [5.41, 5.74) is 3.35. The molecule has 2 aromatic rings. The number of hydrogen-bond donors (Lipinski definition) is 5. The molecule has 2 aromatic carbocycles. The van der Waals surface area contributed by atoms with Crippen molar-refractivity contribution in [2.75, 3.05) is 6.54 Å². The van der Waals surface area contributed by atoms with E-state index in [1.807, 2.05) is 24.3 Å². The molecule has 1 aliphatic rings. The molecule has 21 heavy (non-hydrogen) atoms. The summed E-state index contributed by atoms with van der Waals surface area (Å²) in [6, 6.07) is 12.6. The summed E-state index contributed by atoms with van der Waals surface area (Å²) in [5.74, 6) is 0.285. The van der Waals surface area contributed by atoms with Gasteiger partial charge in [-0.1, -0.05) is 18.2 Å². The Balaban J connectivity index is 2.05. The number of fused-ring (bicyclic) bond motifs is 1. The lowest BCUT2D eigenvalue weighted by atomic mass is 9.78.